The minimum Gasteiger partial charge on any atom is -0.508 e. The average molecular weight is 313 g/mol. The van der Waals surface area contributed by atoms with E-state index in [-0.39, 0.29) is 5.75 Å². The monoisotopic (exact) mass is 311 g/mol. The number of hydrogen-bond donors (Lipinski definition) is 2. The van der Waals surface area contributed by atoms with E-state index in [2.05, 4.69) is 21.2 Å². The van der Waals surface area contributed by atoms with Crippen LogP contribution >= 0.6 is 27.5 Å². The number of benzene rings is 2. The van der Waals surface area contributed by atoms with Crippen molar-refractivity contribution in [3.63, 3.8) is 0 Å². The molecule has 0 saturated carbocycles. The van der Waals surface area contributed by atoms with Crippen molar-refractivity contribution in [2.75, 3.05) is 5.32 Å². The van der Waals surface area contributed by atoms with E-state index in [4.69, 9.17) is 16.7 Å². The highest BCUT2D eigenvalue weighted by Gasteiger charge is 1.99. The lowest BCUT2D eigenvalue weighted by Crippen LogP contribution is -1.98. The molecule has 0 aliphatic rings. The Bertz CT molecular complexity index is 513. The fourth-order valence-electron chi connectivity index (χ4n) is 1.43. The third-order valence-electron chi connectivity index (χ3n) is 2.35. The minimum absolute atomic E-state index is 0.268. The maximum atomic E-state index is 9.16. The molecule has 0 unspecified atom stereocenters. The predicted molar refractivity (Wildman–Crippen MR) is 74.6 cm³/mol. The highest BCUT2D eigenvalue weighted by atomic mass is 79.9. The van der Waals surface area contributed by atoms with Gasteiger partial charge in [0, 0.05) is 16.7 Å². The van der Waals surface area contributed by atoms with Gasteiger partial charge in [-0.25, -0.2) is 0 Å². The number of halogens is 2. The molecule has 2 aromatic rings. The molecule has 2 nitrogen and oxygen atoms in total. The van der Waals surface area contributed by atoms with Gasteiger partial charge in [0.15, 0.2) is 0 Å². The molecule has 0 aliphatic carbocycles. The van der Waals surface area contributed by atoms with E-state index < -0.39 is 0 Å². The number of phenolic OH excluding ortho intramolecular Hbond substituents is 1. The van der Waals surface area contributed by atoms with E-state index in [1.807, 2.05) is 30.3 Å². The molecule has 0 spiro atoms. The zero-order valence-corrected chi connectivity index (χ0v) is 11.3. The predicted octanol–water partition coefficient (Wildman–Crippen LogP) is 4.42. The first-order valence-corrected chi connectivity index (χ1v) is 6.29. The third kappa shape index (κ3) is 3.38. The van der Waals surface area contributed by atoms with Crippen LogP contribution in [0.3, 0.4) is 0 Å². The molecule has 0 aromatic heterocycles. The number of nitrogens with one attached hydrogen (secondary N) is 1. The van der Waals surface area contributed by atoms with Crippen molar-refractivity contribution < 1.29 is 5.11 Å². The van der Waals surface area contributed by atoms with Crippen molar-refractivity contribution >= 4 is 33.2 Å². The average Bonchev–Trinajstić information content (AvgIpc) is 2.33. The highest BCUT2D eigenvalue weighted by molar-refractivity contribution is 9.10. The van der Waals surface area contributed by atoms with Crippen LogP contribution in [0.1, 0.15) is 5.56 Å². The quantitative estimate of drug-likeness (QED) is 0.822. The van der Waals surface area contributed by atoms with Gasteiger partial charge in [0.1, 0.15) is 5.75 Å². The number of rotatable bonds is 3. The normalized spacial score (nSPS) is 10.2. The molecule has 88 valence electrons. The summed E-state index contributed by atoms with van der Waals surface area (Å²) in [5.41, 5.74) is 2.10. The lowest BCUT2D eigenvalue weighted by atomic mass is 10.2. The molecule has 0 atom stereocenters. The lowest BCUT2D eigenvalue weighted by Gasteiger charge is -2.07. The Balaban J connectivity index is 2.02. The number of hydrogen-bond acceptors (Lipinski definition) is 2. The van der Waals surface area contributed by atoms with E-state index >= 15 is 0 Å². The first-order chi connectivity index (χ1) is 8.15. The number of anilines is 1. The van der Waals surface area contributed by atoms with Crippen LogP contribution in [0.15, 0.2) is 46.9 Å². The van der Waals surface area contributed by atoms with Crippen molar-refractivity contribution in [2.45, 2.75) is 6.54 Å². The molecule has 0 radical (unpaired) electrons. The van der Waals surface area contributed by atoms with Crippen molar-refractivity contribution in [3.8, 4) is 5.75 Å². The lowest BCUT2D eigenvalue weighted by molar-refractivity contribution is 0.475. The Morgan fingerprint density at radius 2 is 1.82 bits per heavy atom. The Kier molecular flexibility index (Phi) is 3.92. The van der Waals surface area contributed by atoms with Gasteiger partial charge >= 0.3 is 0 Å². The molecular formula is C13H11BrClNO. The van der Waals surface area contributed by atoms with Gasteiger partial charge in [-0.05, 0) is 57.9 Å². The fraction of sp³-hybridized carbons (Fsp3) is 0.0769. The van der Waals surface area contributed by atoms with E-state index in [1.165, 1.54) is 0 Å². The molecule has 2 N–H and O–H groups in total. The van der Waals surface area contributed by atoms with Crippen molar-refractivity contribution in [1.82, 2.24) is 0 Å². The summed E-state index contributed by atoms with van der Waals surface area (Å²) in [5, 5.41) is 13.1. The molecule has 17 heavy (non-hydrogen) atoms. The van der Waals surface area contributed by atoms with Crippen molar-refractivity contribution in [2.24, 2.45) is 0 Å². The summed E-state index contributed by atoms with van der Waals surface area (Å²) < 4.78 is 0.893. The number of aromatic hydroxyl groups is 1. The van der Waals surface area contributed by atoms with E-state index in [0.29, 0.717) is 11.6 Å². The van der Waals surface area contributed by atoms with Gasteiger partial charge in [0.05, 0.1) is 5.02 Å². The summed E-state index contributed by atoms with van der Waals surface area (Å²) in [5.74, 6) is 0.268. The summed E-state index contributed by atoms with van der Waals surface area (Å²) >= 11 is 9.31. The summed E-state index contributed by atoms with van der Waals surface area (Å²) in [7, 11) is 0. The maximum absolute atomic E-state index is 9.16. The zero-order chi connectivity index (χ0) is 12.3. The summed E-state index contributed by atoms with van der Waals surface area (Å²) in [4.78, 5) is 0. The van der Waals surface area contributed by atoms with Gasteiger partial charge in [-0.15, -0.1) is 0 Å². The SMILES string of the molecule is Oc1ccc(NCc2ccc(Cl)c(Br)c2)cc1. The molecule has 0 bridgehead atoms. The first kappa shape index (κ1) is 12.3. The second-order valence-electron chi connectivity index (χ2n) is 3.65. The van der Waals surface area contributed by atoms with Crippen LogP contribution in [0.2, 0.25) is 5.02 Å². The van der Waals surface area contributed by atoms with Crippen LogP contribution in [0, 0.1) is 0 Å². The summed E-state index contributed by atoms with van der Waals surface area (Å²) in [6, 6.07) is 12.8. The molecule has 0 saturated heterocycles. The standard InChI is InChI=1S/C13H11BrClNO/c14-12-7-9(1-6-13(12)15)8-16-10-2-4-11(17)5-3-10/h1-7,16-17H,8H2. The van der Waals surface area contributed by atoms with E-state index in [1.54, 1.807) is 12.1 Å². The Morgan fingerprint density at radius 1 is 1.12 bits per heavy atom. The second kappa shape index (κ2) is 5.43. The van der Waals surface area contributed by atoms with Crippen molar-refractivity contribution in [1.29, 1.82) is 0 Å². The van der Waals surface area contributed by atoms with E-state index in [0.717, 1.165) is 15.7 Å². The Hall–Kier alpha value is -1.19. The van der Waals surface area contributed by atoms with Crippen LogP contribution in [0.4, 0.5) is 5.69 Å². The molecule has 0 aliphatic heterocycles. The molecule has 4 heteroatoms. The Labute approximate surface area is 113 Å². The highest BCUT2D eigenvalue weighted by Crippen LogP contribution is 2.23. The maximum Gasteiger partial charge on any atom is 0.115 e. The molecule has 0 amide bonds. The first-order valence-electron chi connectivity index (χ1n) is 5.12. The molecular weight excluding hydrogens is 302 g/mol. The molecule has 2 rings (SSSR count). The topological polar surface area (TPSA) is 32.3 Å². The minimum atomic E-state index is 0.268. The largest absolute Gasteiger partial charge is 0.508 e. The van der Waals surface area contributed by atoms with Gasteiger partial charge < -0.3 is 10.4 Å². The van der Waals surface area contributed by atoms with E-state index in [9.17, 15) is 0 Å². The second-order valence-corrected chi connectivity index (χ2v) is 4.91. The van der Waals surface area contributed by atoms with Gasteiger partial charge in [-0.1, -0.05) is 17.7 Å². The Morgan fingerprint density at radius 3 is 2.47 bits per heavy atom. The summed E-state index contributed by atoms with van der Waals surface area (Å²) in [6.07, 6.45) is 0. The van der Waals surface area contributed by atoms with Gasteiger partial charge in [-0.3, -0.25) is 0 Å². The van der Waals surface area contributed by atoms with Crippen LogP contribution in [0.25, 0.3) is 0 Å². The van der Waals surface area contributed by atoms with Gasteiger partial charge in [0.2, 0.25) is 0 Å². The zero-order valence-electron chi connectivity index (χ0n) is 8.95. The number of phenols is 1. The molecule has 2 aromatic carbocycles. The third-order valence-corrected chi connectivity index (χ3v) is 3.56. The molecule has 0 fully saturated rings. The van der Waals surface area contributed by atoms with Crippen LogP contribution in [0.5, 0.6) is 5.75 Å². The fourth-order valence-corrected chi connectivity index (χ4v) is 1.98. The van der Waals surface area contributed by atoms with Crippen LogP contribution in [-0.2, 0) is 6.54 Å². The van der Waals surface area contributed by atoms with Gasteiger partial charge in [0.25, 0.3) is 0 Å². The van der Waals surface area contributed by atoms with Crippen molar-refractivity contribution in [3.05, 3.63) is 57.5 Å². The summed E-state index contributed by atoms with van der Waals surface area (Å²) in [6.45, 7) is 0.709. The van der Waals surface area contributed by atoms with Crippen LogP contribution < -0.4 is 5.32 Å². The van der Waals surface area contributed by atoms with Gasteiger partial charge in [-0.2, -0.15) is 0 Å². The molecule has 0 heterocycles. The van der Waals surface area contributed by atoms with Crippen LogP contribution in [-0.4, -0.2) is 5.11 Å². The smallest absolute Gasteiger partial charge is 0.115 e.